The van der Waals surface area contributed by atoms with E-state index in [0.717, 1.165) is 58.7 Å². The van der Waals surface area contributed by atoms with Gasteiger partial charge >= 0.3 is 0 Å². The molecule has 3 rings (SSSR count). The van der Waals surface area contributed by atoms with Crippen molar-refractivity contribution >= 4 is 5.91 Å². The first kappa shape index (κ1) is 15.0. The van der Waals surface area contributed by atoms with E-state index in [9.17, 15) is 4.79 Å². The predicted molar refractivity (Wildman–Crippen MR) is 80.1 cm³/mol. The molecule has 1 atom stereocenters. The van der Waals surface area contributed by atoms with Crippen LogP contribution in [-0.4, -0.2) is 74.4 Å². The molecule has 0 aromatic rings. The highest BCUT2D eigenvalue weighted by molar-refractivity contribution is 5.82. The van der Waals surface area contributed by atoms with Crippen LogP contribution in [0.2, 0.25) is 0 Å². The average molecular weight is 294 g/mol. The molecule has 2 saturated heterocycles. The van der Waals surface area contributed by atoms with E-state index in [4.69, 9.17) is 9.47 Å². The fraction of sp³-hybridized carbons (Fsp3) is 0.812. The molecule has 1 amide bonds. The third-order valence-electron chi connectivity index (χ3n) is 4.61. The molecule has 2 fully saturated rings. The third kappa shape index (κ3) is 3.84. The average Bonchev–Trinajstić information content (AvgIpc) is 2.56. The molecule has 0 aromatic carbocycles. The number of morpholine rings is 1. The van der Waals surface area contributed by atoms with Gasteiger partial charge in [0.2, 0.25) is 5.91 Å². The van der Waals surface area contributed by atoms with Crippen LogP contribution in [0.25, 0.3) is 0 Å². The van der Waals surface area contributed by atoms with Crippen molar-refractivity contribution in [2.45, 2.75) is 31.7 Å². The molecule has 0 aliphatic carbocycles. The molecular weight excluding hydrogens is 268 g/mol. The highest BCUT2D eigenvalue weighted by Gasteiger charge is 2.32. The summed E-state index contributed by atoms with van der Waals surface area (Å²) < 4.78 is 10.9. The maximum atomic E-state index is 12.8. The topological polar surface area (TPSA) is 42.0 Å². The van der Waals surface area contributed by atoms with E-state index in [0.29, 0.717) is 19.1 Å². The Balaban J connectivity index is 1.62. The van der Waals surface area contributed by atoms with Crippen molar-refractivity contribution in [3.8, 4) is 0 Å². The lowest BCUT2D eigenvalue weighted by molar-refractivity contribution is -0.142. The summed E-state index contributed by atoms with van der Waals surface area (Å²) >= 11 is 0. The van der Waals surface area contributed by atoms with Gasteiger partial charge < -0.3 is 14.4 Å². The molecule has 0 radical (unpaired) electrons. The minimum absolute atomic E-state index is 0.0553. The van der Waals surface area contributed by atoms with Gasteiger partial charge in [0.15, 0.2) is 0 Å². The van der Waals surface area contributed by atoms with Gasteiger partial charge in [-0.1, -0.05) is 12.5 Å². The van der Waals surface area contributed by atoms with Crippen molar-refractivity contribution < 1.29 is 14.3 Å². The minimum Gasteiger partial charge on any atom is -0.378 e. The first-order valence-electron chi connectivity index (χ1n) is 8.21. The van der Waals surface area contributed by atoms with Crippen LogP contribution in [0.5, 0.6) is 0 Å². The van der Waals surface area contributed by atoms with E-state index >= 15 is 0 Å². The number of amides is 1. The van der Waals surface area contributed by atoms with Gasteiger partial charge in [-0.25, -0.2) is 0 Å². The number of carbonyl (C=O) groups excluding carboxylic acids is 1. The Morgan fingerprint density at radius 3 is 2.76 bits per heavy atom. The molecule has 3 aliphatic heterocycles. The predicted octanol–water partition coefficient (Wildman–Crippen LogP) is 1.05. The lowest BCUT2D eigenvalue weighted by atomic mass is 9.99. The summed E-state index contributed by atoms with van der Waals surface area (Å²) in [4.78, 5) is 17.1. The van der Waals surface area contributed by atoms with E-state index in [1.165, 1.54) is 12.0 Å². The zero-order chi connectivity index (χ0) is 14.5. The second-order valence-corrected chi connectivity index (χ2v) is 6.12. The number of hydrogen-bond acceptors (Lipinski definition) is 4. The molecule has 5 nitrogen and oxygen atoms in total. The number of likely N-dealkylation sites (tertiary alicyclic amines) is 1. The zero-order valence-corrected chi connectivity index (χ0v) is 12.8. The molecule has 21 heavy (non-hydrogen) atoms. The van der Waals surface area contributed by atoms with Crippen molar-refractivity contribution in [1.29, 1.82) is 0 Å². The first-order chi connectivity index (χ1) is 10.3. The maximum absolute atomic E-state index is 12.8. The Hall–Kier alpha value is -0.910. The molecule has 0 aromatic heterocycles. The van der Waals surface area contributed by atoms with Crippen LogP contribution < -0.4 is 0 Å². The summed E-state index contributed by atoms with van der Waals surface area (Å²) in [5, 5.41) is 0. The van der Waals surface area contributed by atoms with Crippen molar-refractivity contribution in [2.24, 2.45) is 0 Å². The summed E-state index contributed by atoms with van der Waals surface area (Å²) in [6.07, 6.45) is 6.64. The van der Waals surface area contributed by atoms with Crippen LogP contribution in [0.15, 0.2) is 11.6 Å². The van der Waals surface area contributed by atoms with Gasteiger partial charge in [-0.2, -0.15) is 0 Å². The van der Waals surface area contributed by atoms with Crippen LogP contribution in [-0.2, 0) is 14.3 Å². The number of piperidine rings is 1. The summed E-state index contributed by atoms with van der Waals surface area (Å²) in [5.74, 6) is 0.301. The molecule has 0 saturated carbocycles. The van der Waals surface area contributed by atoms with Gasteiger partial charge in [-0.3, -0.25) is 9.69 Å². The summed E-state index contributed by atoms with van der Waals surface area (Å²) in [5.41, 5.74) is 1.34. The van der Waals surface area contributed by atoms with Gasteiger partial charge in [0.05, 0.1) is 32.5 Å². The standard InChI is InChI=1S/C16H26N2O3/c19-16(17-7-10-20-11-8-17)15-5-1-2-6-18(15)12-14-4-3-9-21-13-14/h4,15H,1-3,5-13H2. The molecule has 1 unspecified atom stereocenters. The summed E-state index contributed by atoms with van der Waals surface area (Å²) in [7, 11) is 0. The highest BCUT2D eigenvalue weighted by atomic mass is 16.5. The Morgan fingerprint density at radius 1 is 1.14 bits per heavy atom. The van der Waals surface area contributed by atoms with Crippen LogP contribution in [0.4, 0.5) is 0 Å². The second kappa shape index (κ2) is 7.38. The van der Waals surface area contributed by atoms with Crippen molar-refractivity contribution in [1.82, 2.24) is 9.80 Å². The summed E-state index contributed by atoms with van der Waals surface area (Å²) in [6.45, 7) is 6.33. The second-order valence-electron chi connectivity index (χ2n) is 6.12. The van der Waals surface area contributed by atoms with Crippen molar-refractivity contribution in [3.63, 3.8) is 0 Å². The molecular formula is C16H26N2O3. The van der Waals surface area contributed by atoms with E-state index in [1.54, 1.807) is 0 Å². The smallest absolute Gasteiger partial charge is 0.240 e. The van der Waals surface area contributed by atoms with Crippen LogP contribution in [0, 0.1) is 0 Å². The Bertz CT molecular complexity index is 391. The first-order valence-corrected chi connectivity index (χ1v) is 8.21. The normalized spacial score (nSPS) is 28.3. The quantitative estimate of drug-likeness (QED) is 0.730. The van der Waals surface area contributed by atoms with Gasteiger partial charge in [0, 0.05) is 19.6 Å². The summed E-state index contributed by atoms with van der Waals surface area (Å²) in [6, 6.07) is 0.0553. The van der Waals surface area contributed by atoms with E-state index < -0.39 is 0 Å². The number of nitrogens with zero attached hydrogens (tertiary/aromatic N) is 2. The lowest BCUT2D eigenvalue weighted by Crippen LogP contribution is -2.54. The van der Waals surface area contributed by atoms with Crippen LogP contribution in [0.1, 0.15) is 25.7 Å². The molecule has 3 heterocycles. The number of hydrogen-bond donors (Lipinski definition) is 0. The highest BCUT2D eigenvalue weighted by Crippen LogP contribution is 2.21. The monoisotopic (exact) mass is 294 g/mol. The Morgan fingerprint density at radius 2 is 2.00 bits per heavy atom. The van der Waals surface area contributed by atoms with Gasteiger partial charge in [-0.05, 0) is 31.4 Å². The van der Waals surface area contributed by atoms with Crippen LogP contribution >= 0.6 is 0 Å². The van der Waals surface area contributed by atoms with Gasteiger partial charge in [0.1, 0.15) is 0 Å². The minimum atomic E-state index is 0.0553. The largest absolute Gasteiger partial charge is 0.378 e. The zero-order valence-electron chi connectivity index (χ0n) is 12.8. The molecule has 118 valence electrons. The Labute approximate surface area is 126 Å². The number of carbonyl (C=O) groups is 1. The van der Waals surface area contributed by atoms with Gasteiger partial charge in [0.25, 0.3) is 0 Å². The number of rotatable bonds is 3. The fourth-order valence-corrected chi connectivity index (χ4v) is 3.43. The molecule has 0 spiro atoms. The van der Waals surface area contributed by atoms with Gasteiger partial charge in [-0.15, -0.1) is 0 Å². The molecule has 0 bridgehead atoms. The van der Waals surface area contributed by atoms with E-state index in [-0.39, 0.29) is 6.04 Å². The fourth-order valence-electron chi connectivity index (χ4n) is 3.43. The molecule has 0 N–H and O–H groups in total. The number of ether oxygens (including phenoxy) is 2. The van der Waals surface area contributed by atoms with Crippen molar-refractivity contribution in [3.05, 3.63) is 11.6 Å². The third-order valence-corrected chi connectivity index (χ3v) is 4.61. The van der Waals surface area contributed by atoms with E-state index in [1.807, 2.05) is 4.90 Å². The lowest BCUT2D eigenvalue weighted by Gasteiger charge is -2.39. The van der Waals surface area contributed by atoms with E-state index in [2.05, 4.69) is 11.0 Å². The van der Waals surface area contributed by atoms with Crippen LogP contribution in [0.3, 0.4) is 0 Å². The maximum Gasteiger partial charge on any atom is 0.240 e. The Kier molecular flexibility index (Phi) is 5.27. The van der Waals surface area contributed by atoms with Crippen molar-refractivity contribution in [2.75, 3.05) is 52.6 Å². The molecule has 3 aliphatic rings. The SMILES string of the molecule is O=C(C1CCCCN1CC1=CCCOC1)N1CCOCC1. The molecule has 5 heteroatoms.